The van der Waals surface area contributed by atoms with Gasteiger partial charge < -0.3 is 10.2 Å². The van der Waals surface area contributed by atoms with Crippen LogP contribution in [0.5, 0.6) is 0 Å². The number of hydrogen-bond donors (Lipinski definition) is 1. The van der Waals surface area contributed by atoms with Gasteiger partial charge in [0.15, 0.2) is 0 Å². The Balaban J connectivity index is 2.10. The predicted octanol–water partition coefficient (Wildman–Crippen LogP) is 3.17. The normalized spacial score (nSPS) is 15.2. The van der Waals surface area contributed by atoms with Crippen LogP contribution < -0.4 is 10.2 Å². The van der Waals surface area contributed by atoms with E-state index in [9.17, 15) is 4.39 Å². The lowest BCUT2D eigenvalue weighted by Crippen LogP contribution is -2.25. The molecule has 0 amide bonds. The standard InChI is InChI=1S/C15H23FN2/c1-11(2)9-17-10-13-14(16)5-4-6-15(13)18(3)12-7-8-12/h4-6,11-12,17H,7-10H2,1-3H3. The number of anilines is 1. The summed E-state index contributed by atoms with van der Waals surface area (Å²) < 4.78 is 14.0. The van der Waals surface area contributed by atoms with Crippen LogP contribution in [0.4, 0.5) is 10.1 Å². The molecule has 1 aromatic carbocycles. The van der Waals surface area contributed by atoms with Gasteiger partial charge in [0.25, 0.3) is 0 Å². The first-order chi connectivity index (χ1) is 8.59. The monoisotopic (exact) mass is 250 g/mol. The molecular weight excluding hydrogens is 227 g/mol. The Bertz CT molecular complexity index is 399. The first-order valence-electron chi connectivity index (χ1n) is 6.80. The third kappa shape index (κ3) is 3.22. The van der Waals surface area contributed by atoms with Gasteiger partial charge in [0.2, 0.25) is 0 Å². The Morgan fingerprint density at radius 3 is 2.72 bits per heavy atom. The lowest BCUT2D eigenvalue weighted by Gasteiger charge is -2.23. The highest BCUT2D eigenvalue weighted by Gasteiger charge is 2.28. The van der Waals surface area contributed by atoms with E-state index in [1.54, 1.807) is 12.1 Å². The summed E-state index contributed by atoms with van der Waals surface area (Å²) in [5.41, 5.74) is 1.83. The summed E-state index contributed by atoms with van der Waals surface area (Å²) in [5.74, 6) is 0.484. The molecule has 0 unspecified atom stereocenters. The Morgan fingerprint density at radius 1 is 1.39 bits per heavy atom. The zero-order chi connectivity index (χ0) is 13.1. The van der Waals surface area contributed by atoms with Crippen LogP contribution in [-0.4, -0.2) is 19.6 Å². The molecule has 1 aliphatic carbocycles. The highest BCUT2D eigenvalue weighted by molar-refractivity contribution is 5.55. The number of nitrogens with zero attached hydrogens (tertiary/aromatic N) is 1. The van der Waals surface area contributed by atoms with E-state index in [1.165, 1.54) is 12.8 Å². The molecule has 2 nitrogen and oxygen atoms in total. The molecule has 0 radical (unpaired) electrons. The molecule has 3 heteroatoms. The summed E-state index contributed by atoms with van der Waals surface area (Å²) in [6.45, 7) is 5.84. The van der Waals surface area contributed by atoms with Crippen LogP contribution in [0.25, 0.3) is 0 Å². The predicted molar refractivity (Wildman–Crippen MR) is 74.4 cm³/mol. The Hall–Kier alpha value is -1.09. The summed E-state index contributed by atoms with van der Waals surface area (Å²) in [6.07, 6.45) is 2.46. The number of rotatable bonds is 6. The van der Waals surface area contributed by atoms with E-state index in [2.05, 4.69) is 31.1 Å². The van der Waals surface area contributed by atoms with Crippen LogP contribution in [0, 0.1) is 11.7 Å². The first-order valence-corrected chi connectivity index (χ1v) is 6.80. The maximum absolute atomic E-state index is 14.0. The second kappa shape index (κ2) is 5.70. The number of halogens is 1. The summed E-state index contributed by atoms with van der Waals surface area (Å²) in [6, 6.07) is 5.98. The first kappa shape index (κ1) is 13.3. The molecular formula is C15H23FN2. The van der Waals surface area contributed by atoms with Gasteiger partial charge >= 0.3 is 0 Å². The van der Waals surface area contributed by atoms with Crippen molar-refractivity contribution in [2.75, 3.05) is 18.5 Å². The van der Waals surface area contributed by atoms with Crippen molar-refractivity contribution in [2.45, 2.75) is 39.3 Å². The largest absolute Gasteiger partial charge is 0.371 e. The van der Waals surface area contributed by atoms with Gasteiger partial charge in [-0.1, -0.05) is 19.9 Å². The smallest absolute Gasteiger partial charge is 0.129 e. The third-order valence-corrected chi connectivity index (χ3v) is 3.42. The van der Waals surface area contributed by atoms with E-state index in [1.807, 2.05) is 6.07 Å². The van der Waals surface area contributed by atoms with Crippen LogP contribution in [0.2, 0.25) is 0 Å². The molecule has 2 rings (SSSR count). The van der Waals surface area contributed by atoms with Gasteiger partial charge in [-0.05, 0) is 37.4 Å². The summed E-state index contributed by atoms with van der Waals surface area (Å²) in [7, 11) is 2.07. The molecule has 0 aliphatic heterocycles. The Morgan fingerprint density at radius 2 is 2.11 bits per heavy atom. The van der Waals surface area contributed by atoms with E-state index in [4.69, 9.17) is 0 Å². The minimum absolute atomic E-state index is 0.101. The minimum atomic E-state index is -0.101. The van der Waals surface area contributed by atoms with Crippen molar-refractivity contribution in [3.05, 3.63) is 29.6 Å². The quantitative estimate of drug-likeness (QED) is 0.834. The maximum atomic E-state index is 14.0. The van der Waals surface area contributed by atoms with Gasteiger partial charge in [-0.2, -0.15) is 0 Å². The molecule has 0 atom stereocenters. The summed E-state index contributed by atoms with van der Waals surface area (Å²) >= 11 is 0. The lowest BCUT2D eigenvalue weighted by atomic mass is 10.1. The van der Waals surface area contributed by atoms with Crippen molar-refractivity contribution in [3.63, 3.8) is 0 Å². The zero-order valence-electron chi connectivity index (χ0n) is 11.5. The van der Waals surface area contributed by atoms with Gasteiger partial charge in [0.1, 0.15) is 5.82 Å². The average Bonchev–Trinajstić information content (AvgIpc) is 3.13. The molecule has 1 fully saturated rings. The van der Waals surface area contributed by atoms with Crippen molar-refractivity contribution < 1.29 is 4.39 Å². The van der Waals surface area contributed by atoms with E-state index in [0.29, 0.717) is 18.5 Å². The van der Waals surface area contributed by atoms with E-state index in [-0.39, 0.29) is 5.82 Å². The number of nitrogens with one attached hydrogen (secondary N) is 1. The van der Waals surface area contributed by atoms with Crippen molar-refractivity contribution in [2.24, 2.45) is 5.92 Å². The Labute approximate surface area is 109 Å². The molecule has 100 valence electrons. The molecule has 0 heterocycles. The van der Waals surface area contributed by atoms with Gasteiger partial charge in [-0.25, -0.2) is 4.39 Å². The summed E-state index contributed by atoms with van der Waals surface area (Å²) in [5, 5.41) is 3.33. The second-order valence-corrected chi connectivity index (χ2v) is 5.60. The molecule has 1 aromatic rings. The van der Waals surface area contributed by atoms with Gasteiger partial charge in [0, 0.05) is 30.9 Å². The SMILES string of the molecule is CC(C)CNCc1c(F)cccc1N(C)C1CC1. The molecule has 0 bridgehead atoms. The van der Waals surface area contributed by atoms with Crippen molar-refractivity contribution in [1.82, 2.24) is 5.32 Å². The lowest BCUT2D eigenvalue weighted by molar-refractivity contribution is 0.534. The fourth-order valence-corrected chi connectivity index (χ4v) is 2.20. The van der Waals surface area contributed by atoms with Gasteiger partial charge in [-0.15, -0.1) is 0 Å². The molecule has 18 heavy (non-hydrogen) atoms. The number of benzene rings is 1. The fourth-order valence-electron chi connectivity index (χ4n) is 2.20. The fraction of sp³-hybridized carbons (Fsp3) is 0.600. The van der Waals surface area contributed by atoms with Crippen molar-refractivity contribution >= 4 is 5.69 Å². The second-order valence-electron chi connectivity index (χ2n) is 5.60. The van der Waals surface area contributed by atoms with Crippen LogP contribution in [0.15, 0.2) is 18.2 Å². The Kier molecular flexibility index (Phi) is 4.23. The van der Waals surface area contributed by atoms with Crippen LogP contribution in [-0.2, 0) is 6.54 Å². The zero-order valence-corrected chi connectivity index (χ0v) is 11.5. The van der Waals surface area contributed by atoms with E-state index < -0.39 is 0 Å². The summed E-state index contributed by atoms with van der Waals surface area (Å²) in [4.78, 5) is 2.22. The molecule has 1 N–H and O–H groups in total. The average molecular weight is 250 g/mol. The maximum Gasteiger partial charge on any atom is 0.129 e. The molecule has 0 spiro atoms. The molecule has 1 saturated carbocycles. The van der Waals surface area contributed by atoms with E-state index >= 15 is 0 Å². The van der Waals surface area contributed by atoms with Gasteiger partial charge in [-0.3, -0.25) is 0 Å². The molecule has 0 aromatic heterocycles. The minimum Gasteiger partial charge on any atom is -0.371 e. The highest BCUT2D eigenvalue weighted by atomic mass is 19.1. The van der Waals surface area contributed by atoms with Crippen molar-refractivity contribution in [1.29, 1.82) is 0 Å². The van der Waals surface area contributed by atoms with Crippen LogP contribution in [0.3, 0.4) is 0 Å². The van der Waals surface area contributed by atoms with Crippen molar-refractivity contribution in [3.8, 4) is 0 Å². The molecule has 1 aliphatic rings. The topological polar surface area (TPSA) is 15.3 Å². The molecule has 0 saturated heterocycles. The van der Waals surface area contributed by atoms with E-state index in [0.717, 1.165) is 17.8 Å². The van der Waals surface area contributed by atoms with Crippen LogP contribution >= 0.6 is 0 Å². The number of hydrogen-bond acceptors (Lipinski definition) is 2. The van der Waals surface area contributed by atoms with Gasteiger partial charge in [0.05, 0.1) is 0 Å². The van der Waals surface area contributed by atoms with Crippen LogP contribution in [0.1, 0.15) is 32.3 Å². The highest BCUT2D eigenvalue weighted by Crippen LogP contribution is 2.32. The third-order valence-electron chi connectivity index (χ3n) is 3.42.